The van der Waals surface area contributed by atoms with Crippen LogP contribution in [-0.2, 0) is 23.9 Å². The number of halogens is 2. The van der Waals surface area contributed by atoms with Crippen molar-refractivity contribution in [1.29, 1.82) is 0 Å². The van der Waals surface area contributed by atoms with Gasteiger partial charge in [-0.25, -0.2) is 13.6 Å². The van der Waals surface area contributed by atoms with Crippen LogP contribution in [0.3, 0.4) is 0 Å². The molecule has 0 radical (unpaired) electrons. The van der Waals surface area contributed by atoms with Gasteiger partial charge in [-0.15, -0.1) is 0 Å². The number of ether oxygens (including phenoxy) is 1. The number of allylic oxidation sites excluding steroid dienone is 2. The monoisotopic (exact) mass is 392 g/mol. The van der Waals surface area contributed by atoms with Gasteiger partial charge in [-0.2, -0.15) is 0 Å². The normalized spacial score (nSPS) is 22.0. The molecule has 1 fully saturated rings. The summed E-state index contributed by atoms with van der Waals surface area (Å²) in [6, 6.07) is 1.42. The molecule has 1 heterocycles. The highest BCUT2D eigenvalue weighted by molar-refractivity contribution is 6.08. The standard InChI is InChI=1S/C19H18F2N2O5/c1-10(23-17(25)12-4-2-3-5-13(12)18(23)26)19(27)28-9-16(24)22-15-7-6-11(20)8-14(15)21/h2-3,6-8,10,12-13H,4-5,9H2,1H3,(H,22,24)/t10-,12-,13-/m0/s1. The quantitative estimate of drug-likeness (QED) is 0.469. The van der Waals surface area contributed by atoms with Gasteiger partial charge in [0.05, 0.1) is 17.5 Å². The van der Waals surface area contributed by atoms with Crippen LogP contribution in [0.5, 0.6) is 0 Å². The molecule has 0 unspecified atom stereocenters. The Hall–Kier alpha value is -3.10. The number of fused-ring (bicyclic) bond motifs is 1. The first-order valence-corrected chi connectivity index (χ1v) is 8.73. The maximum atomic E-state index is 13.5. The molecular weight excluding hydrogens is 374 g/mol. The molecule has 0 spiro atoms. The maximum absolute atomic E-state index is 13.5. The van der Waals surface area contributed by atoms with Crippen molar-refractivity contribution in [1.82, 2.24) is 4.90 Å². The highest BCUT2D eigenvalue weighted by Crippen LogP contribution is 2.36. The van der Waals surface area contributed by atoms with Crippen molar-refractivity contribution in [2.45, 2.75) is 25.8 Å². The van der Waals surface area contributed by atoms with Gasteiger partial charge in [0.15, 0.2) is 6.61 Å². The average Bonchev–Trinajstić information content (AvgIpc) is 2.92. The fourth-order valence-corrected chi connectivity index (χ4v) is 3.35. The van der Waals surface area contributed by atoms with Crippen molar-refractivity contribution in [3.63, 3.8) is 0 Å². The molecule has 9 heteroatoms. The van der Waals surface area contributed by atoms with Crippen molar-refractivity contribution in [3.8, 4) is 0 Å². The SMILES string of the molecule is C[C@@H](C(=O)OCC(=O)Nc1ccc(F)cc1F)N1C(=O)[C@H]2CC=CC[C@@H]2C1=O. The largest absolute Gasteiger partial charge is 0.454 e. The van der Waals surface area contributed by atoms with Gasteiger partial charge < -0.3 is 10.1 Å². The second-order valence-electron chi connectivity index (χ2n) is 6.66. The second kappa shape index (κ2) is 7.87. The number of imide groups is 1. The summed E-state index contributed by atoms with van der Waals surface area (Å²) in [6.07, 6.45) is 4.55. The molecule has 3 atom stereocenters. The van der Waals surface area contributed by atoms with E-state index in [0.717, 1.165) is 17.0 Å². The number of hydrogen-bond donors (Lipinski definition) is 1. The number of rotatable bonds is 5. The number of nitrogens with zero attached hydrogens (tertiary/aromatic N) is 1. The minimum atomic E-state index is -1.18. The number of nitrogens with one attached hydrogen (secondary N) is 1. The van der Waals surface area contributed by atoms with Crippen molar-refractivity contribution < 1.29 is 32.7 Å². The molecule has 1 N–H and O–H groups in total. The zero-order valence-corrected chi connectivity index (χ0v) is 15.0. The molecule has 148 valence electrons. The summed E-state index contributed by atoms with van der Waals surface area (Å²) >= 11 is 0. The van der Waals surface area contributed by atoms with E-state index in [1.807, 2.05) is 12.2 Å². The van der Waals surface area contributed by atoms with E-state index >= 15 is 0 Å². The summed E-state index contributed by atoms with van der Waals surface area (Å²) in [7, 11) is 0. The van der Waals surface area contributed by atoms with Crippen LogP contribution < -0.4 is 5.32 Å². The zero-order valence-electron chi connectivity index (χ0n) is 15.0. The molecule has 1 aromatic rings. The molecule has 0 bridgehead atoms. The lowest BCUT2D eigenvalue weighted by molar-refractivity contribution is -0.159. The number of anilines is 1. The van der Waals surface area contributed by atoms with Crippen LogP contribution in [0.1, 0.15) is 19.8 Å². The molecule has 3 amide bonds. The van der Waals surface area contributed by atoms with Crippen LogP contribution in [0.15, 0.2) is 30.4 Å². The van der Waals surface area contributed by atoms with Gasteiger partial charge in [-0.05, 0) is 31.9 Å². The topological polar surface area (TPSA) is 92.8 Å². The Morgan fingerprint density at radius 2 is 1.79 bits per heavy atom. The third-order valence-corrected chi connectivity index (χ3v) is 4.82. The third kappa shape index (κ3) is 3.78. The van der Waals surface area contributed by atoms with Crippen molar-refractivity contribution in [2.75, 3.05) is 11.9 Å². The van der Waals surface area contributed by atoms with E-state index in [2.05, 4.69) is 5.32 Å². The molecule has 1 aliphatic carbocycles. The van der Waals surface area contributed by atoms with Gasteiger partial charge in [0.2, 0.25) is 11.8 Å². The van der Waals surface area contributed by atoms with Crippen molar-refractivity contribution >= 4 is 29.4 Å². The molecular formula is C19H18F2N2O5. The number of benzene rings is 1. The lowest BCUT2D eigenvalue weighted by Gasteiger charge is -2.21. The third-order valence-electron chi connectivity index (χ3n) is 4.82. The maximum Gasteiger partial charge on any atom is 0.329 e. The van der Waals surface area contributed by atoms with E-state index < -0.39 is 59.8 Å². The average molecular weight is 392 g/mol. The van der Waals surface area contributed by atoms with Crippen LogP contribution in [0, 0.1) is 23.5 Å². The Balaban J connectivity index is 1.56. The first-order chi connectivity index (χ1) is 13.3. The van der Waals surface area contributed by atoms with E-state index in [9.17, 15) is 28.0 Å². The lowest BCUT2D eigenvalue weighted by atomic mass is 9.85. The Morgan fingerprint density at radius 1 is 1.18 bits per heavy atom. The summed E-state index contributed by atoms with van der Waals surface area (Å²) in [5.41, 5.74) is -0.267. The van der Waals surface area contributed by atoms with Gasteiger partial charge >= 0.3 is 5.97 Å². The van der Waals surface area contributed by atoms with Crippen LogP contribution in [-0.4, -0.2) is 41.2 Å². The molecule has 7 nitrogen and oxygen atoms in total. The molecule has 1 aliphatic heterocycles. The summed E-state index contributed by atoms with van der Waals surface area (Å²) in [6.45, 7) is 0.602. The Labute approximate surface area is 159 Å². The summed E-state index contributed by atoms with van der Waals surface area (Å²) in [5, 5.41) is 2.15. The van der Waals surface area contributed by atoms with Gasteiger partial charge in [0, 0.05) is 6.07 Å². The number of carbonyl (C=O) groups excluding carboxylic acids is 4. The van der Waals surface area contributed by atoms with E-state index in [0.29, 0.717) is 18.9 Å². The molecule has 28 heavy (non-hydrogen) atoms. The van der Waals surface area contributed by atoms with Gasteiger partial charge in [0.25, 0.3) is 5.91 Å². The smallest absolute Gasteiger partial charge is 0.329 e. The van der Waals surface area contributed by atoms with Crippen LogP contribution in [0.4, 0.5) is 14.5 Å². The van der Waals surface area contributed by atoms with E-state index in [4.69, 9.17) is 4.74 Å². The highest BCUT2D eigenvalue weighted by atomic mass is 19.1. The number of carbonyl (C=O) groups is 4. The van der Waals surface area contributed by atoms with Crippen LogP contribution in [0.25, 0.3) is 0 Å². The number of likely N-dealkylation sites (tertiary alicyclic amines) is 1. The second-order valence-corrected chi connectivity index (χ2v) is 6.66. The molecule has 0 saturated carbocycles. The zero-order chi connectivity index (χ0) is 20.4. The predicted octanol–water partition coefficient (Wildman–Crippen LogP) is 1.79. The van der Waals surface area contributed by atoms with Crippen molar-refractivity contribution in [2.24, 2.45) is 11.8 Å². The number of esters is 1. The van der Waals surface area contributed by atoms with E-state index in [1.54, 1.807) is 0 Å². The molecule has 0 aromatic heterocycles. The van der Waals surface area contributed by atoms with Gasteiger partial charge in [-0.1, -0.05) is 12.2 Å². The first-order valence-electron chi connectivity index (χ1n) is 8.73. The molecule has 1 aromatic carbocycles. The van der Waals surface area contributed by atoms with Crippen molar-refractivity contribution in [3.05, 3.63) is 42.0 Å². The number of amides is 3. The number of hydrogen-bond acceptors (Lipinski definition) is 5. The Morgan fingerprint density at radius 3 is 2.36 bits per heavy atom. The Kier molecular flexibility index (Phi) is 5.53. The molecule has 2 aliphatic rings. The minimum absolute atomic E-state index is 0.267. The summed E-state index contributed by atoms with van der Waals surface area (Å²) in [5.74, 6) is -5.35. The van der Waals surface area contributed by atoms with Gasteiger partial charge in [-0.3, -0.25) is 19.3 Å². The van der Waals surface area contributed by atoms with Crippen LogP contribution >= 0.6 is 0 Å². The fraction of sp³-hybridized carbons (Fsp3) is 0.368. The van der Waals surface area contributed by atoms with E-state index in [-0.39, 0.29) is 5.69 Å². The fourth-order valence-electron chi connectivity index (χ4n) is 3.35. The Bertz CT molecular complexity index is 844. The predicted molar refractivity (Wildman–Crippen MR) is 92.6 cm³/mol. The first kappa shape index (κ1) is 19.7. The minimum Gasteiger partial charge on any atom is -0.454 e. The lowest BCUT2D eigenvalue weighted by Crippen LogP contribution is -2.45. The summed E-state index contributed by atoms with van der Waals surface area (Å²) < 4.78 is 31.2. The van der Waals surface area contributed by atoms with Crippen LogP contribution in [0.2, 0.25) is 0 Å². The molecule has 3 rings (SSSR count). The summed E-state index contributed by atoms with van der Waals surface area (Å²) in [4.78, 5) is 49.8. The molecule has 1 saturated heterocycles. The van der Waals surface area contributed by atoms with E-state index in [1.165, 1.54) is 6.92 Å². The van der Waals surface area contributed by atoms with Gasteiger partial charge in [0.1, 0.15) is 17.7 Å². The highest BCUT2D eigenvalue weighted by Gasteiger charge is 2.50.